The Kier molecular flexibility index (Phi) is 9.65. The number of benzene rings is 1. The zero-order chi connectivity index (χ0) is 27.3. The van der Waals surface area contributed by atoms with Crippen molar-refractivity contribution in [2.24, 2.45) is 5.92 Å². The first kappa shape index (κ1) is 29.0. The number of hydrogen-bond acceptors (Lipinski definition) is 4. The van der Waals surface area contributed by atoms with Crippen molar-refractivity contribution in [3.05, 3.63) is 34.9 Å². The molecule has 0 spiro atoms. The molecule has 0 bridgehead atoms. The van der Waals surface area contributed by atoms with Gasteiger partial charge in [0.15, 0.2) is 0 Å². The van der Waals surface area contributed by atoms with Crippen molar-refractivity contribution < 1.29 is 19.1 Å². The van der Waals surface area contributed by atoms with E-state index in [1.165, 1.54) is 6.42 Å². The van der Waals surface area contributed by atoms with Gasteiger partial charge in [-0.1, -0.05) is 62.4 Å². The first-order valence-corrected chi connectivity index (χ1v) is 14.0. The molecule has 0 radical (unpaired) electrons. The molecular weight excluding hydrogens is 466 g/mol. The molecule has 206 valence electrons. The van der Waals surface area contributed by atoms with E-state index in [4.69, 9.17) is 4.74 Å². The van der Waals surface area contributed by atoms with Gasteiger partial charge in [0.2, 0.25) is 11.8 Å². The summed E-state index contributed by atoms with van der Waals surface area (Å²) < 4.78 is 5.48. The van der Waals surface area contributed by atoms with Crippen LogP contribution in [-0.2, 0) is 14.3 Å². The largest absolute Gasteiger partial charge is 0.444 e. The summed E-state index contributed by atoms with van der Waals surface area (Å²) in [7, 11) is 0. The second kappa shape index (κ2) is 12.3. The van der Waals surface area contributed by atoms with E-state index in [2.05, 4.69) is 16.7 Å². The summed E-state index contributed by atoms with van der Waals surface area (Å²) in [6.07, 6.45) is 6.92. The fourth-order valence-corrected chi connectivity index (χ4v) is 5.33. The molecule has 0 aromatic heterocycles. The number of nitrogens with zero attached hydrogens (tertiary/aromatic N) is 1. The predicted molar refractivity (Wildman–Crippen MR) is 146 cm³/mol. The fraction of sp³-hybridized carbons (Fsp3) is 0.700. The number of alkyl carbamates (subject to hydrolysis) is 1. The Bertz CT molecular complexity index is 938. The molecule has 1 aromatic rings. The maximum atomic E-state index is 14.2. The zero-order valence-corrected chi connectivity index (χ0v) is 23.9. The normalized spacial score (nSPS) is 18.2. The Hall–Kier alpha value is -2.57. The van der Waals surface area contributed by atoms with Gasteiger partial charge in [0, 0.05) is 12.1 Å². The van der Waals surface area contributed by atoms with Crippen LogP contribution >= 0.6 is 0 Å². The highest BCUT2D eigenvalue weighted by molar-refractivity contribution is 5.92. The summed E-state index contributed by atoms with van der Waals surface area (Å²) >= 11 is 0. The molecular formula is C30H47N3O4. The third-order valence-electron chi connectivity index (χ3n) is 6.93. The van der Waals surface area contributed by atoms with Crippen LogP contribution in [0, 0.1) is 19.8 Å². The lowest BCUT2D eigenvalue weighted by molar-refractivity contribution is -0.143. The lowest BCUT2D eigenvalue weighted by atomic mass is 9.93. The van der Waals surface area contributed by atoms with Crippen LogP contribution in [0.15, 0.2) is 18.2 Å². The molecule has 2 saturated carbocycles. The van der Waals surface area contributed by atoms with E-state index in [9.17, 15) is 14.4 Å². The highest BCUT2D eigenvalue weighted by atomic mass is 16.6. The van der Waals surface area contributed by atoms with Gasteiger partial charge in [0.05, 0.1) is 0 Å². The molecule has 37 heavy (non-hydrogen) atoms. The number of rotatable bonds is 9. The van der Waals surface area contributed by atoms with Crippen molar-refractivity contribution in [1.82, 2.24) is 15.5 Å². The summed E-state index contributed by atoms with van der Waals surface area (Å²) in [5.41, 5.74) is 2.26. The Morgan fingerprint density at radius 3 is 2.08 bits per heavy atom. The standard InChI is InChI=1S/C30H47N3O4/c1-19(2)15-25(32-29(36)37-30(5,6)7)28(35)33(24-13-14-24)26(22-17-20(3)16-21(4)18-22)27(34)31-23-11-9-8-10-12-23/h16-19,23-26H,8-15H2,1-7H3,(H,31,34)(H,32,36). The fourth-order valence-electron chi connectivity index (χ4n) is 5.33. The van der Waals surface area contributed by atoms with E-state index in [-0.39, 0.29) is 29.8 Å². The Balaban J connectivity index is 1.96. The highest BCUT2D eigenvalue weighted by Gasteiger charge is 2.44. The maximum absolute atomic E-state index is 14.2. The summed E-state index contributed by atoms with van der Waals surface area (Å²) in [6.45, 7) is 13.5. The monoisotopic (exact) mass is 513 g/mol. The van der Waals surface area contributed by atoms with Gasteiger partial charge < -0.3 is 20.3 Å². The van der Waals surface area contributed by atoms with Crippen molar-refractivity contribution in [2.75, 3.05) is 0 Å². The molecule has 3 rings (SSSR count). The topological polar surface area (TPSA) is 87.7 Å². The lowest BCUT2D eigenvalue weighted by Crippen LogP contribution is -2.55. The molecule has 2 unspecified atom stereocenters. The second-order valence-corrected chi connectivity index (χ2v) is 12.5. The number of aryl methyl sites for hydroxylation is 2. The van der Waals surface area contributed by atoms with Crippen LogP contribution < -0.4 is 10.6 Å². The Labute approximate surface area is 223 Å². The van der Waals surface area contributed by atoms with Crippen LogP contribution in [0.25, 0.3) is 0 Å². The Morgan fingerprint density at radius 1 is 0.973 bits per heavy atom. The van der Waals surface area contributed by atoms with Gasteiger partial charge in [0.25, 0.3) is 0 Å². The summed E-state index contributed by atoms with van der Waals surface area (Å²) in [4.78, 5) is 42.6. The van der Waals surface area contributed by atoms with E-state index in [1.807, 2.05) is 39.8 Å². The minimum Gasteiger partial charge on any atom is -0.444 e. The molecule has 2 fully saturated rings. The summed E-state index contributed by atoms with van der Waals surface area (Å²) in [5, 5.41) is 6.11. The zero-order valence-electron chi connectivity index (χ0n) is 23.9. The maximum Gasteiger partial charge on any atom is 0.408 e. The molecule has 3 amide bonds. The SMILES string of the molecule is Cc1cc(C)cc(C(C(=O)NC2CCCCC2)N(C(=O)C(CC(C)C)NC(=O)OC(C)(C)C)C2CC2)c1. The van der Waals surface area contributed by atoms with E-state index in [0.29, 0.717) is 6.42 Å². The van der Waals surface area contributed by atoms with Gasteiger partial charge in [-0.3, -0.25) is 9.59 Å². The third kappa shape index (κ3) is 8.75. The van der Waals surface area contributed by atoms with Crippen LogP contribution in [0.4, 0.5) is 4.79 Å². The van der Waals surface area contributed by atoms with Gasteiger partial charge in [-0.25, -0.2) is 4.79 Å². The van der Waals surface area contributed by atoms with Crippen molar-refractivity contribution in [3.8, 4) is 0 Å². The quantitative estimate of drug-likeness (QED) is 0.442. The first-order valence-electron chi connectivity index (χ1n) is 14.0. The predicted octanol–water partition coefficient (Wildman–Crippen LogP) is 5.72. The number of ether oxygens (including phenoxy) is 1. The van der Waals surface area contributed by atoms with Gasteiger partial charge >= 0.3 is 6.09 Å². The van der Waals surface area contributed by atoms with Crippen molar-refractivity contribution in [1.29, 1.82) is 0 Å². The number of amides is 3. The first-order chi connectivity index (χ1) is 17.3. The average Bonchev–Trinajstić information content (AvgIpc) is 3.59. The van der Waals surface area contributed by atoms with Crippen molar-refractivity contribution in [3.63, 3.8) is 0 Å². The minimum atomic E-state index is -0.772. The van der Waals surface area contributed by atoms with Gasteiger partial charge in [0.1, 0.15) is 17.7 Å². The highest BCUT2D eigenvalue weighted by Crippen LogP contribution is 2.37. The van der Waals surface area contributed by atoms with Crippen LogP contribution in [-0.4, -0.2) is 46.5 Å². The van der Waals surface area contributed by atoms with Crippen LogP contribution in [0.1, 0.15) is 109 Å². The third-order valence-corrected chi connectivity index (χ3v) is 6.93. The number of nitrogens with one attached hydrogen (secondary N) is 2. The van der Waals surface area contributed by atoms with E-state index >= 15 is 0 Å². The molecule has 7 nitrogen and oxygen atoms in total. The summed E-state index contributed by atoms with van der Waals surface area (Å²) in [6, 6.07) is 4.71. The number of hydrogen-bond donors (Lipinski definition) is 2. The molecule has 2 N–H and O–H groups in total. The lowest BCUT2D eigenvalue weighted by Gasteiger charge is -2.36. The van der Waals surface area contributed by atoms with Gasteiger partial charge in [-0.15, -0.1) is 0 Å². The molecule has 0 heterocycles. The molecule has 1 aromatic carbocycles. The van der Waals surface area contributed by atoms with Gasteiger partial charge in [-0.05, 0) is 78.2 Å². The molecule has 0 saturated heterocycles. The Morgan fingerprint density at radius 2 is 1.57 bits per heavy atom. The molecule has 0 aliphatic heterocycles. The van der Waals surface area contributed by atoms with Crippen LogP contribution in [0.3, 0.4) is 0 Å². The molecule has 2 atom stereocenters. The molecule has 7 heteroatoms. The molecule has 2 aliphatic carbocycles. The van der Waals surface area contributed by atoms with E-state index < -0.39 is 23.8 Å². The summed E-state index contributed by atoms with van der Waals surface area (Å²) in [5.74, 6) is -0.177. The van der Waals surface area contributed by atoms with Crippen molar-refractivity contribution >= 4 is 17.9 Å². The van der Waals surface area contributed by atoms with E-state index in [1.54, 1.807) is 25.7 Å². The van der Waals surface area contributed by atoms with Crippen LogP contribution in [0.5, 0.6) is 0 Å². The number of carbonyl (C=O) groups excluding carboxylic acids is 3. The average molecular weight is 514 g/mol. The van der Waals surface area contributed by atoms with Crippen molar-refractivity contribution in [2.45, 2.75) is 130 Å². The minimum absolute atomic E-state index is 0.0227. The van der Waals surface area contributed by atoms with Crippen LogP contribution in [0.2, 0.25) is 0 Å². The van der Waals surface area contributed by atoms with E-state index in [0.717, 1.165) is 55.2 Å². The smallest absolute Gasteiger partial charge is 0.408 e. The van der Waals surface area contributed by atoms with Gasteiger partial charge in [-0.2, -0.15) is 0 Å². The molecule has 2 aliphatic rings. The second-order valence-electron chi connectivity index (χ2n) is 12.5. The number of carbonyl (C=O) groups is 3.